The molecule has 1 saturated heterocycles. The second-order valence-electron chi connectivity index (χ2n) is 9.68. The van der Waals surface area contributed by atoms with Crippen LogP contribution in [0, 0.1) is 25.6 Å². The molecule has 1 aliphatic rings. The van der Waals surface area contributed by atoms with Gasteiger partial charge in [-0.15, -0.1) is 0 Å². The van der Waals surface area contributed by atoms with Gasteiger partial charge < -0.3 is 20.6 Å². The molecule has 1 fully saturated rings. The number of piperidine rings is 1. The summed E-state index contributed by atoms with van der Waals surface area (Å²) in [5, 5.41) is 15.7. The molecule has 0 saturated carbocycles. The molecule has 3 aromatic rings. The van der Waals surface area contributed by atoms with Crippen molar-refractivity contribution in [3.8, 4) is 0 Å². The highest BCUT2D eigenvalue weighted by Crippen LogP contribution is 2.24. The average molecular weight is 505 g/mol. The Balaban J connectivity index is 1.31. The number of hydrogen-bond donors (Lipinski definition) is 3. The Bertz CT molecular complexity index is 1200. The van der Waals surface area contributed by atoms with Gasteiger partial charge in [-0.2, -0.15) is 0 Å². The normalized spacial score (nSPS) is 14.7. The molecule has 1 aromatic heterocycles. The number of aliphatic carboxylic acids is 1. The molecule has 7 nitrogen and oxygen atoms in total. The van der Waals surface area contributed by atoms with Gasteiger partial charge in [0.15, 0.2) is 0 Å². The maximum atomic E-state index is 13.6. The van der Waals surface area contributed by atoms with E-state index in [0.717, 1.165) is 49.5 Å². The van der Waals surface area contributed by atoms with E-state index in [1.807, 2.05) is 42.5 Å². The van der Waals surface area contributed by atoms with E-state index in [4.69, 9.17) is 0 Å². The maximum absolute atomic E-state index is 13.6. The average Bonchev–Trinajstić information content (AvgIpc) is 2.88. The molecule has 194 valence electrons. The van der Waals surface area contributed by atoms with E-state index >= 15 is 0 Å². The molecule has 1 atom stereocenters. The summed E-state index contributed by atoms with van der Waals surface area (Å²) in [6.45, 7) is 6.10. The zero-order valence-corrected chi connectivity index (χ0v) is 21.2. The molecule has 0 radical (unpaired) electrons. The number of aromatic nitrogens is 1. The van der Waals surface area contributed by atoms with Crippen LogP contribution in [-0.2, 0) is 11.2 Å². The number of carboxylic acid groups (broad SMARTS) is 1. The number of benzene rings is 2. The molecule has 1 aliphatic heterocycles. The molecule has 0 bridgehead atoms. The lowest BCUT2D eigenvalue weighted by Crippen LogP contribution is -2.42. The third-order valence-corrected chi connectivity index (χ3v) is 6.92. The monoisotopic (exact) mass is 504 g/mol. The van der Waals surface area contributed by atoms with Gasteiger partial charge in [0.2, 0.25) is 0 Å². The number of hydrogen-bond acceptors (Lipinski definition) is 5. The smallest absolute Gasteiger partial charge is 0.326 e. The molecule has 8 heteroatoms. The van der Waals surface area contributed by atoms with E-state index < -0.39 is 23.7 Å². The van der Waals surface area contributed by atoms with Crippen LogP contribution >= 0.6 is 0 Å². The fourth-order valence-electron chi connectivity index (χ4n) is 4.89. The van der Waals surface area contributed by atoms with Gasteiger partial charge in [-0.1, -0.05) is 18.2 Å². The van der Waals surface area contributed by atoms with Crippen molar-refractivity contribution < 1.29 is 19.1 Å². The van der Waals surface area contributed by atoms with Crippen LogP contribution < -0.4 is 15.5 Å². The number of anilines is 2. The Labute approximate surface area is 216 Å². The molecule has 4 rings (SSSR count). The zero-order chi connectivity index (χ0) is 26.4. The summed E-state index contributed by atoms with van der Waals surface area (Å²) >= 11 is 0. The van der Waals surface area contributed by atoms with Gasteiger partial charge in [0, 0.05) is 43.5 Å². The number of amides is 1. The molecular weight excluding hydrogens is 471 g/mol. The van der Waals surface area contributed by atoms with Crippen LogP contribution in [0.1, 0.15) is 39.9 Å². The largest absolute Gasteiger partial charge is 0.480 e. The molecule has 2 heterocycles. The lowest BCUT2D eigenvalue weighted by molar-refractivity contribution is -0.139. The third kappa shape index (κ3) is 6.84. The number of aryl methyl sites for hydroxylation is 2. The van der Waals surface area contributed by atoms with Crippen LogP contribution in [0.15, 0.2) is 60.8 Å². The molecule has 1 unspecified atom stereocenters. The van der Waals surface area contributed by atoms with Crippen LogP contribution in [0.3, 0.4) is 0 Å². The highest BCUT2D eigenvalue weighted by molar-refractivity contribution is 5.99. The SMILES string of the molecule is Cc1cc(F)cc(C)c1C(=O)NC(Cc1ccc(N2CCC(CNc3ccccn3)CC2)cc1)C(=O)O. The summed E-state index contributed by atoms with van der Waals surface area (Å²) in [5.74, 6) is -0.562. The minimum absolute atomic E-state index is 0.155. The first-order chi connectivity index (χ1) is 17.8. The van der Waals surface area contributed by atoms with Crippen molar-refractivity contribution >= 4 is 23.4 Å². The summed E-state index contributed by atoms with van der Waals surface area (Å²) in [7, 11) is 0. The Morgan fingerprint density at radius 1 is 1.08 bits per heavy atom. The summed E-state index contributed by atoms with van der Waals surface area (Å²) < 4.78 is 13.6. The lowest BCUT2D eigenvalue weighted by atomic mass is 9.96. The zero-order valence-electron chi connectivity index (χ0n) is 21.2. The van der Waals surface area contributed by atoms with Gasteiger partial charge in [-0.3, -0.25) is 4.79 Å². The first-order valence-corrected chi connectivity index (χ1v) is 12.6. The van der Waals surface area contributed by atoms with Crippen LogP contribution in [-0.4, -0.2) is 47.6 Å². The number of nitrogens with zero attached hydrogens (tertiary/aromatic N) is 2. The standard InChI is InChI=1S/C29H33FN4O3/c1-19-15-23(30)16-20(2)27(19)28(35)33-25(29(36)37)17-21-6-8-24(9-7-21)34-13-10-22(11-14-34)18-32-26-5-3-4-12-31-26/h3-9,12,15-16,22,25H,10-11,13-14,17-18H2,1-2H3,(H,31,32)(H,33,35)(H,36,37). The summed E-state index contributed by atoms with van der Waals surface area (Å²) in [5.41, 5.74) is 3.17. The number of nitrogens with one attached hydrogen (secondary N) is 2. The quantitative estimate of drug-likeness (QED) is 0.395. The van der Waals surface area contributed by atoms with Gasteiger partial charge in [0.25, 0.3) is 5.91 Å². The fraction of sp³-hybridized carbons (Fsp3) is 0.345. The van der Waals surface area contributed by atoms with Crippen LogP contribution in [0.5, 0.6) is 0 Å². The second kappa shape index (κ2) is 11.9. The molecular formula is C29H33FN4O3. The predicted octanol–water partition coefficient (Wildman–Crippen LogP) is 4.59. The highest BCUT2D eigenvalue weighted by Gasteiger charge is 2.24. The van der Waals surface area contributed by atoms with Crippen molar-refractivity contribution in [3.63, 3.8) is 0 Å². The summed E-state index contributed by atoms with van der Waals surface area (Å²) in [4.78, 5) is 31.4. The van der Waals surface area contributed by atoms with Crippen LogP contribution in [0.25, 0.3) is 0 Å². The topological polar surface area (TPSA) is 94.6 Å². The van der Waals surface area contributed by atoms with Crippen molar-refractivity contribution in [1.29, 1.82) is 0 Å². The van der Waals surface area contributed by atoms with Crippen LogP contribution in [0.2, 0.25) is 0 Å². The number of halogens is 1. The Hall–Kier alpha value is -3.94. The van der Waals surface area contributed by atoms with Gasteiger partial charge in [-0.25, -0.2) is 14.2 Å². The first-order valence-electron chi connectivity index (χ1n) is 12.6. The molecule has 1 amide bonds. The van der Waals surface area contributed by atoms with Crippen molar-refractivity contribution in [2.75, 3.05) is 29.9 Å². The van der Waals surface area contributed by atoms with Gasteiger partial charge >= 0.3 is 5.97 Å². The molecule has 3 N–H and O–H groups in total. The van der Waals surface area contributed by atoms with E-state index in [1.165, 1.54) is 12.1 Å². The van der Waals surface area contributed by atoms with E-state index in [1.54, 1.807) is 20.0 Å². The fourth-order valence-corrected chi connectivity index (χ4v) is 4.89. The number of carboxylic acids is 1. The van der Waals surface area contributed by atoms with Gasteiger partial charge in [-0.05, 0) is 85.7 Å². The Kier molecular flexibility index (Phi) is 8.38. The van der Waals surface area contributed by atoms with Crippen LogP contribution in [0.4, 0.5) is 15.9 Å². The van der Waals surface area contributed by atoms with E-state index in [-0.39, 0.29) is 6.42 Å². The first kappa shape index (κ1) is 26.1. The van der Waals surface area contributed by atoms with Crippen molar-refractivity contribution in [2.24, 2.45) is 5.92 Å². The van der Waals surface area contributed by atoms with Crippen molar-refractivity contribution in [1.82, 2.24) is 10.3 Å². The lowest BCUT2D eigenvalue weighted by Gasteiger charge is -2.34. The van der Waals surface area contributed by atoms with Crippen molar-refractivity contribution in [3.05, 3.63) is 88.9 Å². The number of carbonyl (C=O) groups is 2. The van der Waals surface area contributed by atoms with Gasteiger partial charge in [0.1, 0.15) is 17.7 Å². The van der Waals surface area contributed by atoms with Crippen molar-refractivity contribution in [2.45, 2.75) is 39.2 Å². The molecule has 37 heavy (non-hydrogen) atoms. The predicted molar refractivity (Wildman–Crippen MR) is 143 cm³/mol. The minimum Gasteiger partial charge on any atom is -0.480 e. The maximum Gasteiger partial charge on any atom is 0.326 e. The van der Waals surface area contributed by atoms with E-state index in [2.05, 4.69) is 20.5 Å². The number of pyridine rings is 1. The number of carbonyl (C=O) groups excluding carboxylic acids is 1. The highest BCUT2D eigenvalue weighted by atomic mass is 19.1. The van der Waals surface area contributed by atoms with E-state index in [0.29, 0.717) is 22.6 Å². The van der Waals surface area contributed by atoms with E-state index in [9.17, 15) is 19.1 Å². The molecule has 2 aromatic carbocycles. The summed E-state index contributed by atoms with van der Waals surface area (Å²) in [6, 6.07) is 15.2. The molecule has 0 spiro atoms. The second-order valence-corrected chi connectivity index (χ2v) is 9.68. The Morgan fingerprint density at radius 2 is 1.76 bits per heavy atom. The van der Waals surface area contributed by atoms with Gasteiger partial charge in [0.05, 0.1) is 0 Å². The number of rotatable bonds is 9. The Morgan fingerprint density at radius 3 is 2.35 bits per heavy atom. The molecule has 0 aliphatic carbocycles. The summed E-state index contributed by atoms with van der Waals surface area (Å²) in [6.07, 6.45) is 4.10. The minimum atomic E-state index is -1.11. The third-order valence-electron chi connectivity index (χ3n) is 6.92.